The van der Waals surface area contributed by atoms with Crippen LogP contribution in [0.5, 0.6) is 0 Å². The van der Waals surface area contributed by atoms with E-state index in [1.54, 1.807) is 11.3 Å². The molecule has 6 heteroatoms. The summed E-state index contributed by atoms with van der Waals surface area (Å²) >= 11 is 1.70. The quantitative estimate of drug-likeness (QED) is 0.918. The van der Waals surface area contributed by atoms with Gasteiger partial charge in [0.1, 0.15) is 0 Å². The Morgan fingerprint density at radius 2 is 2.09 bits per heavy atom. The van der Waals surface area contributed by atoms with Crippen LogP contribution in [0, 0.1) is 5.92 Å². The van der Waals surface area contributed by atoms with Crippen molar-refractivity contribution in [2.45, 2.75) is 32.7 Å². The Labute approximate surface area is 135 Å². The largest absolute Gasteiger partial charge is 0.354 e. The van der Waals surface area contributed by atoms with Gasteiger partial charge >= 0.3 is 0 Å². The van der Waals surface area contributed by atoms with E-state index < -0.39 is 0 Å². The predicted octanol–water partition coefficient (Wildman–Crippen LogP) is 2.46. The lowest BCUT2D eigenvalue weighted by Gasteiger charge is -2.40. The van der Waals surface area contributed by atoms with Crippen LogP contribution in [0.3, 0.4) is 0 Å². The molecule has 0 unspecified atom stereocenters. The zero-order valence-corrected chi connectivity index (χ0v) is 14.2. The Balaban J connectivity index is 1.43. The number of nitrogens with zero attached hydrogens (tertiary/aromatic N) is 4. The fourth-order valence-corrected chi connectivity index (χ4v) is 3.07. The van der Waals surface area contributed by atoms with Crippen molar-refractivity contribution in [1.82, 2.24) is 20.5 Å². The number of anilines is 1. The molecule has 0 aliphatic carbocycles. The van der Waals surface area contributed by atoms with Crippen LogP contribution in [0.1, 0.15) is 31.3 Å². The number of thiazole rings is 1. The van der Waals surface area contributed by atoms with Gasteiger partial charge in [-0.15, -0.1) is 16.4 Å². The summed E-state index contributed by atoms with van der Waals surface area (Å²) in [4.78, 5) is 7.67. The van der Waals surface area contributed by atoms with Crippen molar-refractivity contribution in [1.29, 1.82) is 0 Å². The minimum Gasteiger partial charge on any atom is -0.354 e. The average Bonchev–Trinajstić information content (AvgIpc) is 2.94. The first-order valence-electron chi connectivity index (χ1n) is 7.69. The molecule has 2 aromatic rings. The molecule has 0 amide bonds. The van der Waals surface area contributed by atoms with Gasteiger partial charge in [-0.3, -0.25) is 4.98 Å². The molecular weight excluding hydrogens is 294 g/mol. The minimum absolute atomic E-state index is 0.0591. The van der Waals surface area contributed by atoms with Crippen molar-refractivity contribution in [2.24, 2.45) is 5.92 Å². The zero-order valence-electron chi connectivity index (χ0n) is 13.4. The van der Waals surface area contributed by atoms with Crippen molar-refractivity contribution in [3.63, 3.8) is 0 Å². The Hall–Kier alpha value is -1.53. The highest BCUT2D eigenvalue weighted by Crippen LogP contribution is 2.24. The summed E-state index contributed by atoms with van der Waals surface area (Å²) in [5.41, 5.74) is 2.98. The van der Waals surface area contributed by atoms with E-state index in [1.807, 2.05) is 11.7 Å². The van der Waals surface area contributed by atoms with E-state index in [0.29, 0.717) is 5.92 Å². The Bertz CT molecular complexity index is 582. The van der Waals surface area contributed by atoms with E-state index in [1.165, 1.54) is 4.88 Å². The minimum atomic E-state index is 0.0591. The second-order valence-corrected chi connectivity index (χ2v) is 7.87. The summed E-state index contributed by atoms with van der Waals surface area (Å²) in [5, 5.41) is 12.2. The van der Waals surface area contributed by atoms with Gasteiger partial charge in [0.25, 0.3) is 0 Å². The molecule has 1 fully saturated rings. The summed E-state index contributed by atoms with van der Waals surface area (Å²) in [6.07, 6.45) is 1.93. The number of nitrogens with one attached hydrogen (secondary N) is 1. The second-order valence-electron chi connectivity index (χ2n) is 6.90. The lowest BCUT2D eigenvalue weighted by atomic mass is 9.92. The van der Waals surface area contributed by atoms with Crippen molar-refractivity contribution in [3.8, 4) is 0 Å². The maximum atomic E-state index is 4.37. The smallest absolute Gasteiger partial charge is 0.151 e. The third kappa shape index (κ3) is 3.62. The Morgan fingerprint density at radius 3 is 2.68 bits per heavy atom. The molecule has 0 spiro atoms. The summed E-state index contributed by atoms with van der Waals surface area (Å²) in [6, 6.07) is 4.19. The molecule has 1 N–H and O–H groups in total. The fourth-order valence-electron chi connectivity index (χ4n) is 2.51. The molecule has 118 valence electrons. The van der Waals surface area contributed by atoms with Crippen LogP contribution >= 0.6 is 11.3 Å². The number of aromatic nitrogens is 3. The van der Waals surface area contributed by atoms with E-state index in [0.717, 1.165) is 37.7 Å². The van der Waals surface area contributed by atoms with Crippen LogP contribution in [0.2, 0.25) is 0 Å². The third-order valence-corrected chi connectivity index (χ3v) is 4.70. The van der Waals surface area contributed by atoms with Gasteiger partial charge in [0.05, 0.1) is 11.2 Å². The lowest BCUT2D eigenvalue weighted by Crippen LogP contribution is -2.51. The first-order chi connectivity index (χ1) is 10.5. The van der Waals surface area contributed by atoms with Crippen molar-refractivity contribution >= 4 is 17.2 Å². The van der Waals surface area contributed by atoms with Gasteiger partial charge in [0.2, 0.25) is 0 Å². The summed E-state index contributed by atoms with van der Waals surface area (Å²) in [5.74, 6) is 1.68. The molecule has 5 nitrogen and oxygen atoms in total. The molecule has 3 rings (SSSR count). The van der Waals surface area contributed by atoms with Crippen LogP contribution in [-0.2, 0) is 12.0 Å². The highest BCUT2D eigenvalue weighted by atomic mass is 32.1. The normalized spacial score (nSPS) is 15.9. The molecule has 0 saturated carbocycles. The summed E-state index contributed by atoms with van der Waals surface area (Å²) in [7, 11) is 0. The van der Waals surface area contributed by atoms with Crippen molar-refractivity contribution in [3.05, 3.63) is 34.4 Å². The van der Waals surface area contributed by atoms with Gasteiger partial charge < -0.3 is 10.2 Å². The molecule has 22 heavy (non-hydrogen) atoms. The molecule has 0 atom stereocenters. The second kappa shape index (κ2) is 6.30. The number of hydrogen-bond acceptors (Lipinski definition) is 6. The van der Waals surface area contributed by atoms with Crippen LogP contribution in [0.25, 0.3) is 0 Å². The molecule has 2 aromatic heterocycles. The Morgan fingerprint density at radius 1 is 1.27 bits per heavy atom. The summed E-state index contributed by atoms with van der Waals surface area (Å²) in [6.45, 7) is 10.5. The van der Waals surface area contributed by atoms with Gasteiger partial charge in [0.15, 0.2) is 5.82 Å². The Kier molecular flexibility index (Phi) is 4.40. The first kappa shape index (κ1) is 15.4. The highest BCUT2D eigenvalue weighted by Gasteiger charge is 2.28. The maximum absolute atomic E-state index is 4.37. The van der Waals surface area contributed by atoms with E-state index in [4.69, 9.17) is 0 Å². The van der Waals surface area contributed by atoms with Gasteiger partial charge in [-0.2, -0.15) is 5.10 Å². The van der Waals surface area contributed by atoms with E-state index in [9.17, 15) is 0 Å². The number of hydrogen-bond donors (Lipinski definition) is 1. The van der Waals surface area contributed by atoms with E-state index in [2.05, 4.69) is 58.3 Å². The fraction of sp³-hybridized carbons (Fsp3) is 0.562. The molecule has 3 heterocycles. The topological polar surface area (TPSA) is 53.9 Å². The van der Waals surface area contributed by atoms with Crippen molar-refractivity contribution < 1.29 is 0 Å². The molecule has 0 radical (unpaired) electrons. The van der Waals surface area contributed by atoms with E-state index in [-0.39, 0.29) is 5.41 Å². The molecule has 1 aliphatic rings. The maximum Gasteiger partial charge on any atom is 0.151 e. The van der Waals surface area contributed by atoms with Crippen molar-refractivity contribution in [2.75, 3.05) is 24.5 Å². The van der Waals surface area contributed by atoms with Crippen LogP contribution in [0.4, 0.5) is 5.82 Å². The van der Waals surface area contributed by atoms with Gasteiger partial charge in [-0.1, -0.05) is 20.8 Å². The molecule has 0 aromatic carbocycles. The van der Waals surface area contributed by atoms with Crippen LogP contribution in [-0.4, -0.2) is 34.8 Å². The third-order valence-electron chi connectivity index (χ3n) is 3.92. The highest BCUT2D eigenvalue weighted by molar-refractivity contribution is 7.09. The standard InChI is InChI=1S/C16H23N5S/c1-16(2,3)14-4-5-15(20-19-14)21-9-12(10-21)6-17-7-13-8-18-11-22-13/h4-5,8,11-12,17H,6-7,9-10H2,1-3H3. The lowest BCUT2D eigenvalue weighted by molar-refractivity contribution is 0.381. The van der Waals surface area contributed by atoms with E-state index >= 15 is 0 Å². The SMILES string of the molecule is CC(C)(C)c1ccc(N2CC(CNCc3cncs3)C2)nn1. The predicted molar refractivity (Wildman–Crippen MR) is 90.3 cm³/mol. The number of rotatable bonds is 5. The first-order valence-corrected chi connectivity index (χ1v) is 8.57. The molecule has 1 aliphatic heterocycles. The van der Waals surface area contributed by atoms with Gasteiger partial charge in [-0.25, -0.2) is 0 Å². The summed E-state index contributed by atoms with van der Waals surface area (Å²) < 4.78 is 0. The molecular formula is C16H23N5S. The van der Waals surface area contributed by atoms with Crippen LogP contribution in [0.15, 0.2) is 23.8 Å². The monoisotopic (exact) mass is 317 g/mol. The average molecular weight is 317 g/mol. The van der Waals surface area contributed by atoms with Gasteiger partial charge in [-0.05, 0) is 12.1 Å². The molecule has 0 bridgehead atoms. The molecule has 1 saturated heterocycles. The van der Waals surface area contributed by atoms with Crippen LogP contribution < -0.4 is 10.2 Å². The van der Waals surface area contributed by atoms with Gasteiger partial charge in [0, 0.05) is 48.6 Å². The zero-order chi connectivity index (χ0) is 15.6.